The van der Waals surface area contributed by atoms with E-state index >= 15 is 0 Å². The molecule has 1 aromatic heterocycles. The van der Waals surface area contributed by atoms with Crippen LogP contribution in [0.5, 0.6) is 0 Å². The van der Waals surface area contributed by atoms with Gasteiger partial charge in [0.25, 0.3) is 0 Å². The lowest BCUT2D eigenvalue weighted by Crippen LogP contribution is -1.63. The Bertz CT molecular complexity index is 176. The van der Waals surface area contributed by atoms with Gasteiger partial charge in [-0.2, -0.15) is 12.6 Å². The first-order valence-electron chi connectivity index (χ1n) is 2.05. The van der Waals surface area contributed by atoms with Gasteiger partial charge in [-0.05, 0) is 15.9 Å². The molecule has 0 bridgehead atoms. The summed E-state index contributed by atoms with van der Waals surface area (Å²) in [7, 11) is 0. The molecule has 1 aromatic rings. The number of hydrogen-bond acceptors (Lipinski definition) is 3. The first-order valence-corrected chi connectivity index (χ1v) is 3.47. The fourth-order valence-electron chi connectivity index (χ4n) is 0.362. The summed E-state index contributed by atoms with van der Waals surface area (Å²) in [5.74, 6) is 1.37. The van der Waals surface area contributed by atoms with Gasteiger partial charge in [-0.1, -0.05) is 5.16 Å². The Balaban J connectivity index is 2.84. The van der Waals surface area contributed by atoms with Crippen molar-refractivity contribution < 1.29 is 4.52 Å². The molecule has 0 N–H and O–H groups in total. The predicted molar refractivity (Wildman–Crippen MR) is 36.9 cm³/mol. The lowest BCUT2D eigenvalue weighted by Gasteiger charge is -1.75. The van der Waals surface area contributed by atoms with Crippen LogP contribution >= 0.6 is 28.6 Å². The zero-order valence-electron chi connectivity index (χ0n) is 3.97. The van der Waals surface area contributed by atoms with Crippen LogP contribution in [-0.2, 0) is 5.75 Å². The van der Waals surface area contributed by atoms with Crippen LogP contribution in [-0.4, -0.2) is 5.16 Å². The maximum absolute atomic E-state index is 4.74. The van der Waals surface area contributed by atoms with Gasteiger partial charge in [0, 0.05) is 6.07 Å². The maximum atomic E-state index is 4.74. The van der Waals surface area contributed by atoms with Crippen molar-refractivity contribution in [2.45, 2.75) is 5.75 Å². The Morgan fingerprint density at radius 2 is 2.62 bits per heavy atom. The lowest BCUT2D eigenvalue weighted by atomic mass is 10.5. The average Bonchev–Trinajstić information content (AvgIpc) is 2.14. The molecule has 44 valence electrons. The Kier molecular flexibility index (Phi) is 1.96. The van der Waals surface area contributed by atoms with E-state index in [0.717, 1.165) is 10.4 Å². The molecule has 8 heavy (non-hydrogen) atoms. The third-order valence-electron chi connectivity index (χ3n) is 0.686. The zero-order valence-corrected chi connectivity index (χ0v) is 6.45. The van der Waals surface area contributed by atoms with Crippen molar-refractivity contribution in [3.8, 4) is 0 Å². The molecular formula is C4H4BrNOS. The second-order valence-electron chi connectivity index (χ2n) is 1.27. The van der Waals surface area contributed by atoms with E-state index in [0.29, 0.717) is 5.75 Å². The van der Waals surface area contributed by atoms with Gasteiger partial charge in [-0.3, -0.25) is 0 Å². The van der Waals surface area contributed by atoms with Crippen molar-refractivity contribution in [1.82, 2.24) is 5.16 Å². The van der Waals surface area contributed by atoms with Gasteiger partial charge < -0.3 is 4.52 Å². The molecule has 0 radical (unpaired) electrons. The Morgan fingerprint density at radius 3 is 2.88 bits per heavy atom. The summed E-state index contributed by atoms with van der Waals surface area (Å²) in [4.78, 5) is 0. The molecular weight excluding hydrogens is 190 g/mol. The van der Waals surface area contributed by atoms with E-state index in [1.165, 1.54) is 0 Å². The first kappa shape index (κ1) is 6.16. The summed E-state index contributed by atoms with van der Waals surface area (Å²) in [5, 5.41) is 3.58. The van der Waals surface area contributed by atoms with Crippen LogP contribution in [0.1, 0.15) is 5.76 Å². The maximum Gasteiger partial charge on any atom is 0.149 e. The van der Waals surface area contributed by atoms with Crippen molar-refractivity contribution in [3.63, 3.8) is 0 Å². The van der Waals surface area contributed by atoms with Crippen LogP contribution in [0.3, 0.4) is 0 Å². The Morgan fingerprint density at radius 1 is 1.88 bits per heavy atom. The quantitative estimate of drug-likeness (QED) is 0.690. The fourth-order valence-corrected chi connectivity index (χ4v) is 0.839. The van der Waals surface area contributed by atoms with Crippen molar-refractivity contribution in [3.05, 3.63) is 16.4 Å². The smallest absolute Gasteiger partial charge is 0.149 e. The molecule has 0 spiro atoms. The molecule has 0 fully saturated rings. The minimum atomic E-state index is 0.596. The van der Waals surface area contributed by atoms with Crippen molar-refractivity contribution in [2.24, 2.45) is 0 Å². The lowest BCUT2D eigenvalue weighted by molar-refractivity contribution is 0.391. The molecule has 0 aliphatic carbocycles. The molecule has 2 nitrogen and oxygen atoms in total. The molecule has 4 heteroatoms. The highest BCUT2D eigenvalue weighted by Gasteiger charge is 1.95. The van der Waals surface area contributed by atoms with Gasteiger partial charge in [0.1, 0.15) is 10.4 Å². The van der Waals surface area contributed by atoms with E-state index in [1.807, 2.05) is 0 Å². The average molecular weight is 194 g/mol. The molecule has 0 atom stereocenters. The van der Waals surface area contributed by atoms with Crippen molar-refractivity contribution in [2.75, 3.05) is 0 Å². The molecule has 1 heterocycles. The van der Waals surface area contributed by atoms with Crippen LogP contribution in [0, 0.1) is 0 Å². The highest BCUT2D eigenvalue weighted by atomic mass is 79.9. The van der Waals surface area contributed by atoms with Crippen LogP contribution in [0.25, 0.3) is 0 Å². The molecule has 0 aliphatic rings. The summed E-state index contributed by atoms with van der Waals surface area (Å²) in [6.45, 7) is 0. The monoisotopic (exact) mass is 193 g/mol. The second-order valence-corrected chi connectivity index (χ2v) is 2.40. The van der Waals surface area contributed by atoms with Gasteiger partial charge in [0.05, 0.1) is 5.75 Å². The summed E-state index contributed by atoms with van der Waals surface area (Å²) in [6, 6.07) is 1.78. The standard InChI is InChI=1S/C4H4BrNOS/c5-4-1-3(2-8)7-6-4/h1,8H,2H2. The number of thiol groups is 1. The second kappa shape index (κ2) is 2.55. The summed E-state index contributed by atoms with van der Waals surface area (Å²) >= 11 is 7.10. The van der Waals surface area contributed by atoms with Crippen molar-refractivity contribution in [1.29, 1.82) is 0 Å². The first-order chi connectivity index (χ1) is 3.83. The van der Waals surface area contributed by atoms with Crippen LogP contribution < -0.4 is 0 Å². The normalized spacial score (nSPS) is 9.75. The van der Waals surface area contributed by atoms with Gasteiger partial charge in [0.15, 0.2) is 0 Å². The fraction of sp³-hybridized carbons (Fsp3) is 0.250. The number of halogens is 1. The molecule has 0 aromatic carbocycles. The molecule has 0 unspecified atom stereocenters. The van der Waals surface area contributed by atoms with E-state index < -0.39 is 0 Å². The van der Waals surface area contributed by atoms with E-state index in [9.17, 15) is 0 Å². The largest absolute Gasteiger partial charge is 0.359 e. The molecule has 0 amide bonds. The topological polar surface area (TPSA) is 26.0 Å². The van der Waals surface area contributed by atoms with Crippen LogP contribution in [0.2, 0.25) is 0 Å². The Labute approximate surface area is 60.8 Å². The van der Waals surface area contributed by atoms with E-state index in [1.54, 1.807) is 6.07 Å². The Hall–Kier alpha value is 0.0400. The summed E-state index contributed by atoms with van der Waals surface area (Å²) < 4.78 is 5.46. The van der Waals surface area contributed by atoms with Gasteiger partial charge in [-0.25, -0.2) is 0 Å². The number of nitrogens with zero attached hydrogens (tertiary/aromatic N) is 1. The summed E-state index contributed by atoms with van der Waals surface area (Å²) in [6.07, 6.45) is 0. The van der Waals surface area contributed by atoms with Gasteiger partial charge >= 0.3 is 0 Å². The minimum absolute atomic E-state index is 0.596. The molecule has 1 rings (SSSR count). The third kappa shape index (κ3) is 1.26. The van der Waals surface area contributed by atoms with Crippen LogP contribution in [0.15, 0.2) is 15.2 Å². The van der Waals surface area contributed by atoms with E-state index in [4.69, 9.17) is 4.52 Å². The number of hydrogen-bond donors (Lipinski definition) is 1. The minimum Gasteiger partial charge on any atom is -0.359 e. The predicted octanol–water partition coefficient (Wildman–Crippen LogP) is 1.87. The molecule has 0 saturated carbocycles. The summed E-state index contributed by atoms with van der Waals surface area (Å²) in [5.41, 5.74) is 0. The van der Waals surface area contributed by atoms with E-state index in [-0.39, 0.29) is 0 Å². The zero-order chi connectivity index (χ0) is 5.98. The van der Waals surface area contributed by atoms with E-state index in [2.05, 4.69) is 33.7 Å². The van der Waals surface area contributed by atoms with Crippen molar-refractivity contribution >= 4 is 28.6 Å². The number of rotatable bonds is 1. The van der Waals surface area contributed by atoms with Crippen LogP contribution in [0.4, 0.5) is 0 Å². The highest BCUT2D eigenvalue weighted by Crippen LogP contribution is 2.10. The third-order valence-corrected chi connectivity index (χ3v) is 1.37. The van der Waals surface area contributed by atoms with Gasteiger partial charge in [0.2, 0.25) is 0 Å². The van der Waals surface area contributed by atoms with Gasteiger partial charge in [-0.15, -0.1) is 0 Å². The SMILES string of the molecule is SCc1cc(Br)no1. The highest BCUT2D eigenvalue weighted by molar-refractivity contribution is 9.10. The molecule has 0 aliphatic heterocycles. The molecule has 0 saturated heterocycles. The number of aromatic nitrogens is 1.